The standard InChI is InChI=1S/C31H26F2/c1-31(2,27-15-7-23(8-16-27)3-5-25-11-19-29(32)20-12-25)28-17-9-24(10-18-28)4-6-26-13-21-30(33)22-14-26/h3-22H,1-2H3/b5-3+,6-4+. The summed E-state index contributed by atoms with van der Waals surface area (Å²) in [5.41, 5.74) is 6.45. The lowest BCUT2D eigenvalue weighted by Crippen LogP contribution is -2.18. The molecule has 2 heteroatoms. The van der Waals surface area contributed by atoms with Gasteiger partial charge >= 0.3 is 0 Å². The van der Waals surface area contributed by atoms with Crippen molar-refractivity contribution in [3.05, 3.63) is 142 Å². The van der Waals surface area contributed by atoms with Gasteiger partial charge in [-0.1, -0.05) is 111 Å². The monoisotopic (exact) mass is 436 g/mol. The second-order valence-corrected chi connectivity index (χ2v) is 8.64. The molecule has 4 aromatic rings. The lowest BCUT2D eigenvalue weighted by Gasteiger charge is -2.26. The summed E-state index contributed by atoms with van der Waals surface area (Å²) in [4.78, 5) is 0. The first-order valence-electron chi connectivity index (χ1n) is 11.0. The van der Waals surface area contributed by atoms with Gasteiger partial charge in [-0.25, -0.2) is 8.78 Å². The molecular formula is C31H26F2. The van der Waals surface area contributed by atoms with Crippen molar-refractivity contribution in [2.75, 3.05) is 0 Å². The summed E-state index contributed by atoms with van der Waals surface area (Å²) in [5.74, 6) is -0.452. The first-order chi connectivity index (χ1) is 15.9. The van der Waals surface area contributed by atoms with Crippen LogP contribution in [0.5, 0.6) is 0 Å². The number of hydrogen-bond donors (Lipinski definition) is 0. The number of halogens is 2. The average Bonchev–Trinajstić information content (AvgIpc) is 2.84. The summed E-state index contributed by atoms with van der Waals surface area (Å²) in [6, 6.07) is 30.0. The topological polar surface area (TPSA) is 0 Å². The average molecular weight is 437 g/mol. The summed E-state index contributed by atoms with van der Waals surface area (Å²) in [7, 11) is 0. The molecule has 4 rings (SSSR count). The van der Waals surface area contributed by atoms with Crippen LogP contribution in [0.2, 0.25) is 0 Å². The van der Waals surface area contributed by atoms with Crippen molar-refractivity contribution in [2.45, 2.75) is 19.3 Å². The zero-order valence-corrected chi connectivity index (χ0v) is 18.8. The van der Waals surface area contributed by atoms with E-state index in [2.05, 4.69) is 62.4 Å². The van der Waals surface area contributed by atoms with Gasteiger partial charge in [-0.15, -0.1) is 0 Å². The Hall–Kier alpha value is -3.78. The Kier molecular flexibility index (Phi) is 6.65. The summed E-state index contributed by atoms with van der Waals surface area (Å²) in [5, 5.41) is 0. The molecule has 0 spiro atoms. The van der Waals surface area contributed by atoms with Crippen LogP contribution in [-0.2, 0) is 5.41 Å². The fourth-order valence-electron chi connectivity index (χ4n) is 3.72. The van der Waals surface area contributed by atoms with Crippen molar-refractivity contribution in [1.82, 2.24) is 0 Å². The first-order valence-corrected chi connectivity index (χ1v) is 11.0. The van der Waals surface area contributed by atoms with Gasteiger partial charge in [-0.05, 0) is 57.6 Å². The smallest absolute Gasteiger partial charge is 0.123 e. The Morgan fingerprint density at radius 1 is 0.424 bits per heavy atom. The predicted molar refractivity (Wildman–Crippen MR) is 136 cm³/mol. The van der Waals surface area contributed by atoms with E-state index >= 15 is 0 Å². The molecule has 0 nitrogen and oxygen atoms in total. The van der Waals surface area contributed by atoms with Crippen molar-refractivity contribution in [1.29, 1.82) is 0 Å². The first kappa shape index (κ1) is 22.4. The highest BCUT2D eigenvalue weighted by Crippen LogP contribution is 2.32. The molecule has 0 aliphatic carbocycles. The molecule has 0 bridgehead atoms. The van der Waals surface area contributed by atoms with Crippen LogP contribution in [0.3, 0.4) is 0 Å². The zero-order valence-electron chi connectivity index (χ0n) is 18.8. The van der Waals surface area contributed by atoms with Gasteiger partial charge in [0.2, 0.25) is 0 Å². The van der Waals surface area contributed by atoms with Crippen LogP contribution in [0.25, 0.3) is 24.3 Å². The van der Waals surface area contributed by atoms with E-state index in [1.807, 2.05) is 24.3 Å². The fourth-order valence-corrected chi connectivity index (χ4v) is 3.72. The van der Waals surface area contributed by atoms with Crippen molar-refractivity contribution in [2.24, 2.45) is 0 Å². The summed E-state index contributed by atoms with van der Waals surface area (Å²) >= 11 is 0. The molecule has 0 aromatic heterocycles. The van der Waals surface area contributed by atoms with E-state index in [4.69, 9.17) is 0 Å². The molecule has 0 amide bonds. The number of hydrogen-bond acceptors (Lipinski definition) is 0. The predicted octanol–water partition coefficient (Wildman–Crippen LogP) is 8.63. The largest absolute Gasteiger partial charge is 0.207 e. The Labute approximate surface area is 194 Å². The molecule has 0 unspecified atom stereocenters. The number of benzene rings is 4. The molecule has 4 aromatic carbocycles. The van der Waals surface area contributed by atoms with Crippen LogP contribution < -0.4 is 0 Å². The van der Waals surface area contributed by atoms with Crippen molar-refractivity contribution >= 4 is 24.3 Å². The normalized spacial score (nSPS) is 12.0. The third-order valence-corrected chi connectivity index (χ3v) is 5.94. The van der Waals surface area contributed by atoms with E-state index in [9.17, 15) is 8.78 Å². The SMILES string of the molecule is CC(C)(c1ccc(/C=C/c2ccc(F)cc2)cc1)c1ccc(/C=C/c2ccc(F)cc2)cc1. The molecule has 0 saturated carbocycles. The van der Waals surface area contributed by atoms with Crippen LogP contribution in [0.4, 0.5) is 8.78 Å². The minimum Gasteiger partial charge on any atom is -0.207 e. The third-order valence-electron chi connectivity index (χ3n) is 5.94. The quantitative estimate of drug-likeness (QED) is 0.265. The Morgan fingerprint density at radius 2 is 0.667 bits per heavy atom. The van der Waals surface area contributed by atoms with Crippen LogP contribution >= 0.6 is 0 Å². The van der Waals surface area contributed by atoms with E-state index in [0.29, 0.717) is 0 Å². The van der Waals surface area contributed by atoms with E-state index in [1.165, 1.54) is 35.4 Å². The minimum absolute atomic E-state index is 0.140. The summed E-state index contributed by atoms with van der Waals surface area (Å²) in [6.45, 7) is 4.44. The van der Waals surface area contributed by atoms with Crippen molar-refractivity contribution < 1.29 is 8.78 Å². The van der Waals surface area contributed by atoms with E-state index in [-0.39, 0.29) is 17.0 Å². The van der Waals surface area contributed by atoms with Gasteiger partial charge in [0.25, 0.3) is 0 Å². The fraction of sp³-hybridized carbons (Fsp3) is 0.0968. The molecule has 0 fully saturated rings. The third kappa shape index (κ3) is 5.72. The Morgan fingerprint density at radius 3 is 0.939 bits per heavy atom. The van der Waals surface area contributed by atoms with Gasteiger partial charge in [-0.2, -0.15) is 0 Å². The molecular weight excluding hydrogens is 410 g/mol. The highest BCUT2D eigenvalue weighted by Gasteiger charge is 2.22. The molecule has 164 valence electrons. The molecule has 33 heavy (non-hydrogen) atoms. The van der Waals surface area contributed by atoms with E-state index in [0.717, 1.165) is 22.3 Å². The molecule has 0 radical (unpaired) electrons. The van der Waals surface area contributed by atoms with Crippen molar-refractivity contribution in [3.63, 3.8) is 0 Å². The van der Waals surface area contributed by atoms with E-state index < -0.39 is 0 Å². The minimum atomic E-state index is -0.226. The number of rotatable bonds is 6. The van der Waals surface area contributed by atoms with Gasteiger partial charge in [-0.3, -0.25) is 0 Å². The van der Waals surface area contributed by atoms with Crippen LogP contribution in [0, 0.1) is 11.6 Å². The lowest BCUT2D eigenvalue weighted by molar-refractivity contribution is 0.627. The molecule has 0 heterocycles. The van der Waals surface area contributed by atoms with E-state index in [1.54, 1.807) is 24.3 Å². The lowest BCUT2D eigenvalue weighted by atomic mass is 9.78. The maximum Gasteiger partial charge on any atom is 0.123 e. The van der Waals surface area contributed by atoms with Gasteiger partial charge in [0.15, 0.2) is 0 Å². The second-order valence-electron chi connectivity index (χ2n) is 8.64. The summed E-state index contributed by atoms with van der Waals surface area (Å²) in [6.07, 6.45) is 8.04. The second kappa shape index (κ2) is 9.79. The Balaban J connectivity index is 1.45. The van der Waals surface area contributed by atoms with Crippen LogP contribution in [-0.4, -0.2) is 0 Å². The zero-order chi connectivity index (χ0) is 23.3. The maximum atomic E-state index is 13.1. The van der Waals surface area contributed by atoms with Gasteiger partial charge in [0.05, 0.1) is 0 Å². The molecule has 0 atom stereocenters. The molecule has 0 N–H and O–H groups in total. The van der Waals surface area contributed by atoms with Gasteiger partial charge in [0, 0.05) is 5.41 Å². The molecule has 0 aliphatic rings. The highest BCUT2D eigenvalue weighted by molar-refractivity contribution is 5.70. The summed E-state index contributed by atoms with van der Waals surface area (Å²) < 4.78 is 26.1. The highest BCUT2D eigenvalue weighted by atomic mass is 19.1. The molecule has 0 saturated heterocycles. The van der Waals surface area contributed by atoms with Crippen LogP contribution in [0.15, 0.2) is 97.1 Å². The van der Waals surface area contributed by atoms with Gasteiger partial charge < -0.3 is 0 Å². The van der Waals surface area contributed by atoms with Crippen LogP contribution in [0.1, 0.15) is 47.2 Å². The molecule has 0 aliphatic heterocycles. The maximum absolute atomic E-state index is 13.1. The Bertz CT molecular complexity index is 1140. The van der Waals surface area contributed by atoms with Crippen molar-refractivity contribution in [3.8, 4) is 0 Å². The van der Waals surface area contributed by atoms with Gasteiger partial charge in [0.1, 0.15) is 11.6 Å².